The number of hydrogen-bond donors (Lipinski definition) is 1. The highest BCUT2D eigenvalue weighted by Gasteiger charge is 2.24. The fourth-order valence-electron chi connectivity index (χ4n) is 6.40. The number of benzene rings is 2. The van der Waals surface area contributed by atoms with Crippen LogP contribution in [0, 0.1) is 23.2 Å². The summed E-state index contributed by atoms with van der Waals surface area (Å²) in [6.07, 6.45) is 11.0. The molecule has 0 amide bonds. The van der Waals surface area contributed by atoms with Crippen LogP contribution in [0.1, 0.15) is 43.7 Å². The number of methoxy groups -OCH3 is 1. The Morgan fingerprint density at radius 2 is 1.78 bits per heavy atom. The van der Waals surface area contributed by atoms with E-state index >= 15 is 0 Å². The van der Waals surface area contributed by atoms with Gasteiger partial charge in [0.1, 0.15) is 30.0 Å². The second-order valence-electron chi connectivity index (χ2n) is 12.2. The van der Waals surface area contributed by atoms with Gasteiger partial charge in [0.25, 0.3) is 0 Å². The summed E-state index contributed by atoms with van der Waals surface area (Å²) in [7, 11) is 1.69. The highest BCUT2D eigenvalue weighted by molar-refractivity contribution is 5.68. The van der Waals surface area contributed by atoms with Crippen molar-refractivity contribution in [3.05, 3.63) is 66.2 Å². The summed E-state index contributed by atoms with van der Waals surface area (Å²) in [5.41, 5.74) is 4.20. The molecule has 12 heteroatoms. The normalized spacial score (nSPS) is 19.2. The molecular weight excluding hydrogens is 582 g/mol. The van der Waals surface area contributed by atoms with Gasteiger partial charge >= 0.3 is 0 Å². The molecular formula is C34H41N9O3. The quantitative estimate of drug-likeness (QED) is 0.231. The van der Waals surface area contributed by atoms with Gasteiger partial charge in [-0.1, -0.05) is 12.1 Å². The van der Waals surface area contributed by atoms with Gasteiger partial charge in [-0.2, -0.15) is 5.26 Å². The SMILES string of the molecule is COc1cc(C[C@H]2CC[C@@H](CN3CCOCC3)CC2)ccc1Nc1ncc(-c2ccc(C#N)c(O[C@@H](C)Cn3cnnn3)c2)cn1. The number of ether oxygens (including phenoxy) is 3. The summed E-state index contributed by atoms with van der Waals surface area (Å²) in [5, 5.41) is 24.1. The van der Waals surface area contributed by atoms with Gasteiger partial charge in [0.15, 0.2) is 0 Å². The number of anilines is 2. The van der Waals surface area contributed by atoms with Gasteiger partial charge in [-0.25, -0.2) is 14.6 Å². The third-order valence-electron chi connectivity index (χ3n) is 8.87. The van der Waals surface area contributed by atoms with E-state index in [-0.39, 0.29) is 6.10 Å². The highest BCUT2D eigenvalue weighted by Crippen LogP contribution is 2.34. The molecule has 2 aromatic carbocycles. The summed E-state index contributed by atoms with van der Waals surface area (Å²) in [6, 6.07) is 14.0. The van der Waals surface area contributed by atoms with E-state index in [9.17, 15) is 5.26 Å². The van der Waals surface area contributed by atoms with Gasteiger partial charge in [0.05, 0.1) is 38.1 Å². The molecule has 46 heavy (non-hydrogen) atoms. The molecule has 0 unspecified atom stereocenters. The minimum Gasteiger partial charge on any atom is -0.495 e. The number of rotatable bonds is 12. The first-order valence-corrected chi connectivity index (χ1v) is 16.0. The van der Waals surface area contributed by atoms with Crippen LogP contribution >= 0.6 is 0 Å². The van der Waals surface area contributed by atoms with E-state index in [4.69, 9.17) is 14.2 Å². The Bertz CT molecular complexity index is 1590. The van der Waals surface area contributed by atoms with Gasteiger partial charge in [-0.15, -0.1) is 5.10 Å². The summed E-state index contributed by atoms with van der Waals surface area (Å²) in [5.74, 6) is 3.24. The number of aromatic nitrogens is 6. The van der Waals surface area contributed by atoms with Crippen LogP contribution in [0.5, 0.6) is 11.5 Å². The maximum absolute atomic E-state index is 9.61. The maximum atomic E-state index is 9.61. The predicted octanol–water partition coefficient (Wildman–Crippen LogP) is 4.90. The van der Waals surface area contributed by atoms with Crippen LogP contribution in [0.4, 0.5) is 11.6 Å². The molecule has 0 spiro atoms. The van der Waals surface area contributed by atoms with Gasteiger partial charge in [0.2, 0.25) is 5.95 Å². The zero-order valence-corrected chi connectivity index (χ0v) is 26.5. The number of tetrazole rings is 1. The Balaban J connectivity index is 1.05. The van der Waals surface area contributed by atoms with E-state index in [1.165, 1.54) is 44.1 Å². The second kappa shape index (κ2) is 15.1. The van der Waals surface area contributed by atoms with E-state index < -0.39 is 0 Å². The van der Waals surface area contributed by atoms with Crippen molar-refractivity contribution in [2.24, 2.45) is 11.8 Å². The minimum atomic E-state index is -0.254. The molecule has 3 heterocycles. The highest BCUT2D eigenvalue weighted by atomic mass is 16.5. The molecule has 1 N–H and O–H groups in total. The largest absolute Gasteiger partial charge is 0.495 e. The number of nitriles is 1. The lowest BCUT2D eigenvalue weighted by Crippen LogP contribution is -2.40. The van der Waals surface area contributed by atoms with Crippen molar-refractivity contribution in [1.82, 2.24) is 35.1 Å². The topological polar surface area (TPSA) is 136 Å². The van der Waals surface area contributed by atoms with Crippen LogP contribution in [0.15, 0.2) is 55.1 Å². The molecule has 0 bridgehead atoms. The molecule has 0 radical (unpaired) electrons. The number of hydrogen-bond acceptors (Lipinski definition) is 11. The van der Waals surface area contributed by atoms with Gasteiger partial charge in [-0.3, -0.25) is 4.90 Å². The Hall–Kier alpha value is -4.60. The molecule has 1 saturated heterocycles. The van der Waals surface area contributed by atoms with Crippen LogP contribution in [0.25, 0.3) is 11.1 Å². The van der Waals surface area contributed by atoms with Crippen LogP contribution in [0.2, 0.25) is 0 Å². The van der Waals surface area contributed by atoms with Crippen molar-refractivity contribution in [2.75, 3.05) is 45.3 Å². The van der Waals surface area contributed by atoms with Crippen molar-refractivity contribution in [3.8, 4) is 28.7 Å². The molecule has 2 aromatic heterocycles. The van der Waals surface area contributed by atoms with Crippen LogP contribution in [-0.4, -0.2) is 81.1 Å². The Labute approximate surface area is 269 Å². The molecule has 240 valence electrons. The first-order chi connectivity index (χ1) is 22.6. The summed E-state index contributed by atoms with van der Waals surface area (Å²) in [6.45, 7) is 7.48. The van der Waals surface area contributed by atoms with Crippen molar-refractivity contribution in [1.29, 1.82) is 5.26 Å². The zero-order chi connectivity index (χ0) is 31.7. The van der Waals surface area contributed by atoms with E-state index in [1.807, 2.05) is 19.1 Å². The molecule has 2 fully saturated rings. The second-order valence-corrected chi connectivity index (χ2v) is 12.2. The maximum Gasteiger partial charge on any atom is 0.227 e. The summed E-state index contributed by atoms with van der Waals surface area (Å²) >= 11 is 0. The molecule has 1 atom stereocenters. The van der Waals surface area contributed by atoms with Gasteiger partial charge in [-0.05, 0) is 96.7 Å². The molecule has 12 nitrogen and oxygen atoms in total. The van der Waals surface area contributed by atoms with Crippen molar-refractivity contribution < 1.29 is 14.2 Å². The lowest BCUT2D eigenvalue weighted by atomic mass is 9.79. The first-order valence-electron chi connectivity index (χ1n) is 16.0. The van der Waals surface area contributed by atoms with Gasteiger partial charge in [0, 0.05) is 37.6 Å². The predicted molar refractivity (Wildman–Crippen MR) is 173 cm³/mol. The monoisotopic (exact) mass is 623 g/mol. The fourth-order valence-corrected chi connectivity index (χ4v) is 6.40. The average Bonchev–Trinajstić information content (AvgIpc) is 3.60. The van der Waals surface area contributed by atoms with E-state index in [0.717, 1.165) is 61.2 Å². The molecule has 1 aliphatic heterocycles. The third-order valence-corrected chi connectivity index (χ3v) is 8.87. The Morgan fingerprint density at radius 1 is 1.00 bits per heavy atom. The van der Waals surface area contributed by atoms with E-state index in [1.54, 1.807) is 30.3 Å². The summed E-state index contributed by atoms with van der Waals surface area (Å²) in [4.78, 5) is 11.7. The lowest BCUT2D eigenvalue weighted by molar-refractivity contribution is 0.0264. The molecule has 6 rings (SSSR count). The standard InChI is InChI=1S/C34H41N9O3/c1-24(21-43-23-38-40-41-43)46-32-17-28(8-9-29(32)18-35)30-19-36-34(37-20-30)39-31-10-7-27(16-33(31)44-2)15-25-3-5-26(6-4-25)22-42-11-13-45-14-12-42/h7-10,16-17,19-20,23-26H,3-6,11-15,21-22H2,1-2H3,(H,36,37,39)/t24-,25-,26+/m0/s1. The summed E-state index contributed by atoms with van der Waals surface area (Å²) < 4.78 is 18.9. The first kappa shape index (κ1) is 31.4. The number of nitrogens with zero attached hydrogens (tertiary/aromatic N) is 8. The molecule has 1 saturated carbocycles. The van der Waals surface area contributed by atoms with Gasteiger partial charge < -0.3 is 19.5 Å². The number of nitrogens with one attached hydrogen (secondary N) is 1. The molecule has 4 aromatic rings. The average molecular weight is 624 g/mol. The molecule has 1 aliphatic carbocycles. The van der Waals surface area contributed by atoms with Crippen LogP contribution in [0.3, 0.4) is 0 Å². The Morgan fingerprint density at radius 3 is 2.50 bits per heavy atom. The van der Waals surface area contributed by atoms with E-state index in [2.05, 4.69) is 60.0 Å². The van der Waals surface area contributed by atoms with E-state index in [0.29, 0.717) is 29.7 Å². The fraction of sp³-hybridized carbons (Fsp3) is 0.471. The third kappa shape index (κ3) is 8.16. The van der Waals surface area contributed by atoms with Crippen molar-refractivity contribution in [2.45, 2.75) is 51.7 Å². The van der Waals surface area contributed by atoms with Crippen molar-refractivity contribution >= 4 is 11.6 Å². The van der Waals surface area contributed by atoms with Crippen molar-refractivity contribution in [3.63, 3.8) is 0 Å². The smallest absolute Gasteiger partial charge is 0.227 e. The minimum absolute atomic E-state index is 0.254. The lowest BCUT2D eigenvalue weighted by Gasteiger charge is -2.34. The number of morpholine rings is 1. The Kier molecular flexibility index (Phi) is 10.3. The van der Waals surface area contributed by atoms with Crippen LogP contribution < -0.4 is 14.8 Å². The zero-order valence-electron chi connectivity index (χ0n) is 26.5. The molecule has 2 aliphatic rings. The van der Waals surface area contributed by atoms with Crippen LogP contribution in [-0.2, 0) is 17.7 Å².